The van der Waals surface area contributed by atoms with E-state index in [4.69, 9.17) is 27.6 Å². The lowest BCUT2D eigenvalue weighted by atomic mass is 10.0. The van der Waals surface area contributed by atoms with Gasteiger partial charge in [-0.05, 0) is 66.2 Å². The van der Waals surface area contributed by atoms with Crippen molar-refractivity contribution in [3.8, 4) is 0 Å². The highest BCUT2D eigenvalue weighted by Gasteiger charge is 2.17. The molecule has 0 bridgehead atoms. The minimum absolute atomic E-state index is 0.0102. The van der Waals surface area contributed by atoms with Crippen molar-refractivity contribution < 1.29 is 17.6 Å². The molecule has 1 heterocycles. The van der Waals surface area contributed by atoms with Crippen molar-refractivity contribution in [2.75, 3.05) is 10.0 Å². The average molecular weight is 513 g/mol. The van der Waals surface area contributed by atoms with Gasteiger partial charge in [0.05, 0.1) is 22.4 Å². The van der Waals surface area contributed by atoms with Gasteiger partial charge in [-0.1, -0.05) is 53.5 Å². The number of nitrogens with one attached hydrogen (secondary N) is 2. The van der Waals surface area contributed by atoms with Crippen LogP contribution in [0.1, 0.15) is 11.3 Å². The summed E-state index contributed by atoms with van der Waals surface area (Å²) in [6, 6.07) is 22.8. The van der Waals surface area contributed by atoms with Crippen molar-refractivity contribution in [3.63, 3.8) is 0 Å². The summed E-state index contributed by atoms with van der Waals surface area (Å²) in [6.07, 6.45) is 3.17. The Morgan fingerprint density at radius 3 is 2.12 bits per heavy atom. The maximum Gasteiger partial charge on any atom is 0.261 e. The molecule has 2 N–H and O–H groups in total. The standard InChI is InChI=1S/C25H18Cl2N2O4S/c26-18-13-19(27)15-21(14-18)29-34(31,32)23-10-8-20(9-11-23)28-25(30)24(16-22-7-4-12-33-22)17-5-2-1-3-6-17/h1-16,29H,(H,28,30)/b24-16+. The van der Waals surface area contributed by atoms with Crippen LogP contribution in [0.25, 0.3) is 11.6 Å². The molecule has 0 aliphatic heterocycles. The van der Waals surface area contributed by atoms with Crippen LogP contribution in [0.4, 0.5) is 11.4 Å². The number of rotatable bonds is 7. The summed E-state index contributed by atoms with van der Waals surface area (Å²) in [6.45, 7) is 0. The predicted octanol–water partition coefficient (Wildman–Crippen LogP) is 6.57. The van der Waals surface area contributed by atoms with E-state index in [-0.39, 0.29) is 16.5 Å². The van der Waals surface area contributed by atoms with E-state index in [1.807, 2.05) is 30.3 Å². The van der Waals surface area contributed by atoms with E-state index < -0.39 is 10.0 Å². The van der Waals surface area contributed by atoms with Crippen LogP contribution in [-0.4, -0.2) is 14.3 Å². The second-order valence-electron chi connectivity index (χ2n) is 7.18. The first-order chi connectivity index (χ1) is 16.3. The first kappa shape index (κ1) is 23.6. The summed E-state index contributed by atoms with van der Waals surface area (Å²) < 4.78 is 33.2. The molecular weight excluding hydrogens is 495 g/mol. The van der Waals surface area contributed by atoms with E-state index in [1.54, 1.807) is 18.2 Å². The lowest BCUT2D eigenvalue weighted by Crippen LogP contribution is -2.15. The molecule has 6 nitrogen and oxygen atoms in total. The molecule has 0 radical (unpaired) electrons. The number of amides is 1. The molecule has 0 aliphatic rings. The maximum atomic E-state index is 13.0. The van der Waals surface area contributed by atoms with E-state index in [2.05, 4.69) is 10.0 Å². The summed E-state index contributed by atoms with van der Waals surface area (Å²) in [5.74, 6) is 0.160. The lowest BCUT2D eigenvalue weighted by Gasteiger charge is -2.11. The van der Waals surface area contributed by atoms with Gasteiger partial charge in [0.1, 0.15) is 5.76 Å². The van der Waals surface area contributed by atoms with Gasteiger partial charge in [-0.15, -0.1) is 0 Å². The minimum atomic E-state index is -3.89. The number of hydrogen-bond acceptors (Lipinski definition) is 4. The zero-order valence-electron chi connectivity index (χ0n) is 17.5. The molecule has 0 unspecified atom stereocenters. The van der Waals surface area contributed by atoms with Crippen LogP contribution in [0.2, 0.25) is 10.0 Å². The fourth-order valence-electron chi connectivity index (χ4n) is 3.16. The van der Waals surface area contributed by atoms with Crippen LogP contribution >= 0.6 is 23.2 Å². The van der Waals surface area contributed by atoms with Crippen molar-refractivity contribution in [2.45, 2.75) is 4.90 Å². The van der Waals surface area contributed by atoms with Crippen LogP contribution in [-0.2, 0) is 14.8 Å². The molecule has 0 saturated carbocycles. The summed E-state index contributed by atoms with van der Waals surface area (Å²) in [5, 5.41) is 3.41. The maximum absolute atomic E-state index is 13.0. The van der Waals surface area contributed by atoms with Crippen molar-refractivity contribution in [3.05, 3.63) is 113 Å². The normalized spacial score (nSPS) is 11.8. The molecule has 3 aromatic carbocycles. The SMILES string of the molecule is O=C(Nc1ccc(S(=O)(=O)Nc2cc(Cl)cc(Cl)c2)cc1)/C(=C/c1ccco1)c1ccccc1. The topological polar surface area (TPSA) is 88.4 Å². The van der Waals surface area contributed by atoms with Gasteiger partial charge in [0.25, 0.3) is 15.9 Å². The molecule has 0 atom stereocenters. The number of carbonyl (C=O) groups excluding carboxylic acids is 1. The van der Waals surface area contributed by atoms with E-state index in [1.165, 1.54) is 48.7 Å². The molecule has 34 heavy (non-hydrogen) atoms. The second kappa shape index (κ2) is 10.2. The van der Waals surface area contributed by atoms with Crippen molar-refractivity contribution in [1.82, 2.24) is 0 Å². The van der Waals surface area contributed by atoms with Gasteiger partial charge >= 0.3 is 0 Å². The smallest absolute Gasteiger partial charge is 0.261 e. The fourth-order valence-corrected chi connectivity index (χ4v) is 4.72. The molecule has 9 heteroatoms. The largest absolute Gasteiger partial charge is 0.465 e. The molecule has 1 amide bonds. The molecule has 172 valence electrons. The van der Waals surface area contributed by atoms with Crippen LogP contribution < -0.4 is 10.0 Å². The van der Waals surface area contributed by atoms with E-state index in [9.17, 15) is 13.2 Å². The van der Waals surface area contributed by atoms with Gasteiger partial charge in [0.2, 0.25) is 0 Å². The highest BCUT2D eigenvalue weighted by molar-refractivity contribution is 7.92. The Bertz CT molecular complexity index is 1410. The van der Waals surface area contributed by atoms with Gasteiger partial charge < -0.3 is 9.73 Å². The Kier molecular flexibility index (Phi) is 7.07. The minimum Gasteiger partial charge on any atom is -0.465 e. The van der Waals surface area contributed by atoms with Gasteiger partial charge in [0, 0.05) is 15.7 Å². The average Bonchev–Trinajstić information content (AvgIpc) is 3.31. The first-order valence-corrected chi connectivity index (χ1v) is 12.2. The highest BCUT2D eigenvalue weighted by Crippen LogP contribution is 2.26. The highest BCUT2D eigenvalue weighted by atomic mass is 35.5. The van der Waals surface area contributed by atoms with Gasteiger partial charge in [-0.3, -0.25) is 9.52 Å². The Morgan fingerprint density at radius 1 is 0.824 bits per heavy atom. The van der Waals surface area contributed by atoms with Gasteiger partial charge in [0.15, 0.2) is 0 Å². The Morgan fingerprint density at radius 2 is 1.50 bits per heavy atom. The number of carbonyl (C=O) groups is 1. The van der Waals surface area contributed by atoms with Gasteiger partial charge in [-0.25, -0.2) is 8.42 Å². The van der Waals surface area contributed by atoms with Crippen LogP contribution in [0, 0.1) is 0 Å². The van der Waals surface area contributed by atoms with Crippen molar-refractivity contribution >= 4 is 62.2 Å². The fraction of sp³-hybridized carbons (Fsp3) is 0. The second-order valence-corrected chi connectivity index (χ2v) is 9.74. The van der Waals surface area contributed by atoms with Gasteiger partial charge in [-0.2, -0.15) is 0 Å². The summed E-state index contributed by atoms with van der Waals surface area (Å²) in [4.78, 5) is 13.1. The van der Waals surface area contributed by atoms with Crippen molar-refractivity contribution in [1.29, 1.82) is 0 Å². The molecule has 4 aromatic rings. The first-order valence-electron chi connectivity index (χ1n) is 10.0. The molecule has 0 aliphatic carbocycles. The van der Waals surface area contributed by atoms with Crippen LogP contribution in [0.3, 0.4) is 0 Å². The van der Waals surface area contributed by atoms with E-state index >= 15 is 0 Å². The Balaban J connectivity index is 1.53. The number of sulfonamides is 1. The Hall–Kier alpha value is -3.52. The van der Waals surface area contributed by atoms with E-state index in [0.29, 0.717) is 32.6 Å². The number of anilines is 2. The summed E-state index contributed by atoms with van der Waals surface area (Å²) >= 11 is 11.9. The Labute approximate surface area is 206 Å². The number of halogens is 2. The molecule has 4 rings (SSSR count). The molecule has 1 aromatic heterocycles. The third-order valence-corrected chi connectivity index (χ3v) is 6.53. The molecule has 0 saturated heterocycles. The van der Waals surface area contributed by atoms with Crippen LogP contribution in [0.15, 0.2) is 101 Å². The molecular formula is C25H18Cl2N2O4S. The predicted molar refractivity (Wildman–Crippen MR) is 135 cm³/mol. The third kappa shape index (κ3) is 5.88. The van der Waals surface area contributed by atoms with Crippen molar-refractivity contribution in [2.24, 2.45) is 0 Å². The zero-order valence-corrected chi connectivity index (χ0v) is 19.9. The quantitative estimate of drug-likeness (QED) is 0.274. The number of furan rings is 1. The number of hydrogen-bond donors (Lipinski definition) is 2. The molecule has 0 fully saturated rings. The van der Waals surface area contributed by atoms with E-state index in [0.717, 1.165) is 0 Å². The summed E-state index contributed by atoms with van der Waals surface area (Å²) in [7, 11) is -3.89. The van der Waals surface area contributed by atoms with Crippen LogP contribution in [0.5, 0.6) is 0 Å². The lowest BCUT2D eigenvalue weighted by molar-refractivity contribution is -0.111. The summed E-state index contributed by atoms with van der Waals surface area (Å²) in [5.41, 5.74) is 1.77. The number of benzene rings is 3. The third-order valence-electron chi connectivity index (χ3n) is 4.70. The monoisotopic (exact) mass is 512 g/mol. The molecule has 0 spiro atoms. The zero-order chi connectivity index (χ0) is 24.1.